The molecule has 38 heavy (non-hydrogen) atoms. The number of rotatable bonds is 26. The highest BCUT2D eigenvalue weighted by molar-refractivity contribution is 7.45. The van der Waals surface area contributed by atoms with E-state index in [1.54, 1.807) is 0 Å². The molecule has 226 valence electrons. The smallest absolute Gasteiger partial charge is 0.305 e. The van der Waals surface area contributed by atoms with Gasteiger partial charge in [0.15, 0.2) is 6.10 Å². The summed E-state index contributed by atoms with van der Waals surface area (Å²) in [6.07, 6.45) is 18.0. The predicted molar refractivity (Wildman–Crippen MR) is 148 cm³/mol. The number of unbranched alkanes of at least 4 members (excludes halogenated alkanes) is 14. The van der Waals surface area contributed by atoms with Crippen molar-refractivity contribution in [3.05, 3.63) is 0 Å². The highest BCUT2D eigenvalue weighted by atomic mass is 31.2. The van der Waals surface area contributed by atoms with Crippen molar-refractivity contribution in [2.24, 2.45) is 0 Å². The van der Waals surface area contributed by atoms with Gasteiger partial charge in [-0.3, -0.25) is 14.2 Å². The van der Waals surface area contributed by atoms with Crippen molar-refractivity contribution in [3.8, 4) is 0 Å². The number of ether oxygens (including phenoxy) is 2. The predicted octanol–water partition coefficient (Wildman–Crippen LogP) is 5.93. The lowest BCUT2D eigenvalue weighted by Gasteiger charge is -2.28. The summed E-state index contributed by atoms with van der Waals surface area (Å²) in [5, 5.41) is 0. The molecule has 0 radical (unpaired) electrons. The highest BCUT2D eigenvalue weighted by Crippen LogP contribution is 2.38. The molecular weight excluding hydrogens is 509 g/mol. The van der Waals surface area contributed by atoms with E-state index in [-0.39, 0.29) is 19.6 Å². The van der Waals surface area contributed by atoms with Crippen LogP contribution < -0.4 is 4.89 Å². The Morgan fingerprint density at radius 2 is 1.24 bits per heavy atom. The topological polar surface area (TPSA) is 111 Å². The molecule has 0 aliphatic rings. The van der Waals surface area contributed by atoms with Crippen LogP contribution in [0.15, 0.2) is 0 Å². The van der Waals surface area contributed by atoms with Gasteiger partial charge in [-0.05, 0) is 6.42 Å². The molecule has 0 N–H and O–H groups in total. The van der Waals surface area contributed by atoms with Gasteiger partial charge in [-0.1, -0.05) is 96.8 Å². The average Bonchev–Trinajstić information content (AvgIpc) is 2.82. The van der Waals surface area contributed by atoms with Gasteiger partial charge >= 0.3 is 11.9 Å². The summed E-state index contributed by atoms with van der Waals surface area (Å²) in [4.78, 5) is 35.3. The van der Waals surface area contributed by atoms with E-state index < -0.39 is 32.5 Å². The third kappa shape index (κ3) is 26.6. The summed E-state index contributed by atoms with van der Waals surface area (Å²) >= 11 is 0. The van der Waals surface area contributed by atoms with Crippen LogP contribution in [0.3, 0.4) is 0 Å². The first-order chi connectivity index (χ1) is 17.9. The number of esters is 2. The van der Waals surface area contributed by atoms with Crippen molar-refractivity contribution in [2.45, 2.75) is 123 Å². The molecule has 1 unspecified atom stereocenters. The number of quaternary nitrogens is 1. The van der Waals surface area contributed by atoms with Crippen LogP contribution in [0.4, 0.5) is 0 Å². The minimum absolute atomic E-state index is 0.0310. The zero-order valence-electron chi connectivity index (χ0n) is 24.9. The van der Waals surface area contributed by atoms with Crippen molar-refractivity contribution in [2.75, 3.05) is 47.5 Å². The van der Waals surface area contributed by atoms with Gasteiger partial charge < -0.3 is 27.9 Å². The molecule has 10 heteroatoms. The Balaban J connectivity index is 3.87. The normalized spacial score (nSPS) is 14.2. The molecule has 0 spiro atoms. The van der Waals surface area contributed by atoms with Gasteiger partial charge in [-0.15, -0.1) is 0 Å². The Labute approximate surface area is 232 Å². The van der Waals surface area contributed by atoms with Gasteiger partial charge in [0, 0.05) is 13.3 Å². The molecule has 0 aliphatic carbocycles. The van der Waals surface area contributed by atoms with E-state index in [2.05, 4.69) is 6.92 Å². The van der Waals surface area contributed by atoms with Gasteiger partial charge in [-0.2, -0.15) is 0 Å². The SMILES string of the molecule is CCCCCCCCCCCCCCCCCC(=O)OC[C@H](COP(=O)([O-])OCC[N+](C)(C)C)OC(C)=O. The zero-order chi connectivity index (χ0) is 28.7. The first-order valence-electron chi connectivity index (χ1n) is 14.7. The molecule has 0 rings (SSSR count). The number of likely N-dealkylation sites (N-methyl/N-ethyl adjacent to an activating group) is 1. The van der Waals surface area contributed by atoms with Crippen LogP contribution in [0.1, 0.15) is 117 Å². The third-order valence-corrected chi connectivity index (χ3v) is 7.14. The summed E-state index contributed by atoms with van der Waals surface area (Å²) in [6.45, 7) is 3.14. The molecular formula is C28H56NO8P. The Kier molecular flexibility index (Phi) is 22.2. The minimum Gasteiger partial charge on any atom is -0.756 e. The van der Waals surface area contributed by atoms with Gasteiger partial charge in [0.2, 0.25) is 0 Å². The lowest BCUT2D eigenvalue weighted by molar-refractivity contribution is -0.870. The van der Waals surface area contributed by atoms with Crippen molar-refractivity contribution >= 4 is 19.8 Å². The maximum Gasteiger partial charge on any atom is 0.305 e. The standard InChI is InChI=1S/C28H56NO8P/c1-6-7-8-9-10-11-12-13-14-15-16-17-18-19-20-21-28(31)34-24-27(37-26(2)30)25-36-38(32,33)35-23-22-29(3,4)5/h27H,6-25H2,1-5H3/t27-/m1/s1. The number of carbonyl (C=O) groups excluding carboxylic acids is 2. The Morgan fingerprint density at radius 1 is 0.763 bits per heavy atom. The average molecular weight is 566 g/mol. The first-order valence-corrected chi connectivity index (χ1v) is 16.1. The lowest BCUT2D eigenvalue weighted by atomic mass is 10.0. The molecule has 0 aromatic rings. The monoisotopic (exact) mass is 565 g/mol. The molecule has 0 heterocycles. The van der Waals surface area contributed by atoms with Crippen molar-refractivity contribution in [1.29, 1.82) is 0 Å². The number of nitrogens with zero attached hydrogens (tertiary/aromatic N) is 1. The number of carbonyl (C=O) groups is 2. The van der Waals surface area contributed by atoms with Gasteiger partial charge in [0.1, 0.15) is 19.8 Å². The van der Waals surface area contributed by atoms with E-state index >= 15 is 0 Å². The second-order valence-electron chi connectivity index (χ2n) is 11.2. The van der Waals surface area contributed by atoms with Gasteiger partial charge in [-0.25, -0.2) is 0 Å². The summed E-state index contributed by atoms with van der Waals surface area (Å²) in [7, 11) is 1.16. The van der Waals surface area contributed by atoms with Crippen molar-refractivity contribution < 1.29 is 42.1 Å². The summed E-state index contributed by atoms with van der Waals surface area (Å²) in [5.41, 5.74) is 0. The minimum atomic E-state index is -4.56. The van der Waals surface area contributed by atoms with Gasteiger partial charge in [0.05, 0.1) is 27.7 Å². The van der Waals surface area contributed by atoms with Crippen LogP contribution in [-0.4, -0.2) is 70.0 Å². The Hall–Kier alpha value is -0.990. The van der Waals surface area contributed by atoms with E-state index in [4.69, 9.17) is 18.5 Å². The maximum atomic E-state index is 12.1. The van der Waals surface area contributed by atoms with E-state index in [1.807, 2.05) is 21.1 Å². The van der Waals surface area contributed by atoms with E-state index in [0.717, 1.165) is 19.3 Å². The molecule has 0 saturated heterocycles. The van der Waals surface area contributed by atoms with Crippen molar-refractivity contribution in [3.63, 3.8) is 0 Å². The molecule has 0 aromatic heterocycles. The van der Waals surface area contributed by atoms with Crippen LogP contribution in [0.25, 0.3) is 0 Å². The fraction of sp³-hybridized carbons (Fsp3) is 0.929. The van der Waals surface area contributed by atoms with Crippen LogP contribution in [-0.2, 0) is 32.7 Å². The molecule has 0 saturated carbocycles. The summed E-state index contributed by atoms with van der Waals surface area (Å²) in [6, 6.07) is 0. The Morgan fingerprint density at radius 3 is 1.68 bits per heavy atom. The first kappa shape index (κ1) is 37.0. The molecule has 0 bridgehead atoms. The molecule has 2 atom stereocenters. The molecule has 0 amide bonds. The van der Waals surface area contributed by atoms with E-state index in [1.165, 1.54) is 84.0 Å². The van der Waals surface area contributed by atoms with E-state index in [9.17, 15) is 19.0 Å². The second-order valence-corrected chi connectivity index (χ2v) is 12.6. The van der Waals surface area contributed by atoms with Crippen LogP contribution in [0.5, 0.6) is 0 Å². The van der Waals surface area contributed by atoms with Crippen molar-refractivity contribution in [1.82, 2.24) is 0 Å². The quantitative estimate of drug-likeness (QED) is 0.0549. The second kappa shape index (κ2) is 22.8. The maximum absolute atomic E-state index is 12.1. The van der Waals surface area contributed by atoms with Crippen LogP contribution in [0.2, 0.25) is 0 Å². The highest BCUT2D eigenvalue weighted by Gasteiger charge is 2.20. The fourth-order valence-corrected chi connectivity index (χ4v) is 4.62. The lowest BCUT2D eigenvalue weighted by Crippen LogP contribution is -2.37. The van der Waals surface area contributed by atoms with Crippen LogP contribution in [0, 0.1) is 0 Å². The molecule has 9 nitrogen and oxygen atoms in total. The number of phosphoric acid groups is 1. The fourth-order valence-electron chi connectivity index (χ4n) is 3.89. The number of phosphoric ester groups is 1. The van der Waals surface area contributed by atoms with Gasteiger partial charge in [0.25, 0.3) is 7.82 Å². The number of hydrogen-bond donors (Lipinski definition) is 0. The molecule has 0 aliphatic heterocycles. The molecule has 0 fully saturated rings. The van der Waals surface area contributed by atoms with Crippen LogP contribution >= 0.6 is 7.82 Å². The summed E-state index contributed by atoms with van der Waals surface area (Å²) in [5.74, 6) is -1.02. The number of hydrogen-bond acceptors (Lipinski definition) is 8. The zero-order valence-corrected chi connectivity index (χ0v) is 25.8. The van der Waals surface area contributed by atoms with E-state index in [0.29, 0.717) is 11.0 Å². The Bertz CT molecular complexity index is 653. The third-order valence-electron chi connectivity index (χ3n) is 6.18. The largest absolute Gasteiger partial charge is 0.756 e. The molecule has 0 aromatic carbocycles. The summed E-state index contributed by atoms with van der Waals surface area (Å²) < 4.78 is 32.4.